The number of fused-ring (bicyclic) bond motifs is 1. The Bertz CT molecular complexity index is 580. The van der Waals surface area contributed by atoms with Crippen LogP contribution in [0.4, 0.5) is 5.00 Å². The predicted octanol–water partition coefficient (Wildman–Crippen LogP) is 3.47. The van der Waals surface area contributed by atoms with E-state index in [1.165, 1.54) is 24.2 Å². The molecule has 1 saturated carbocycles. The second-order valence-corrected chi connectivity index (χ2v) is 7.04. The topological polar surface area (TPSA) is 66.9 Å². The molecule has 100 valence electrons. The molecule has 3 nitrogen and oxygen atoms in total. The fourth-order valence-electron chi connectivity index (χ4n) is 3.23. The van der Waals surface area contributed by atoms with Gasteiger partial charge in [-0.15, -0.1) is 11.3 Å². The van der Waals surface area contributed by atoms with Crippen molar-refractivity contribution in [2.75, 3.05) is 5.73 Å². The van der Waals surface area contributed by atoms with E-state index in [1.54, 1.807) is 0 Å². The van der Waals surface area contributed by atoms with Crippen molar-refractivity contribution in [3.8, 4) is 6.07 Å². The molecule has 3 rings (SSSR count). The van der Waals surface area contributed by atoms with Crippen LogP contribution in [0.5, 0.6) is 0 Å². The third-order valence-electron chi connectivity index (χ3n) is 4.64. The first-order valence-corrected chi connectivity index (χ1v) is 7.68. The molecule has 0 amide bonds. The molecule has 1 heterocycles. The number of hydrogen-bond donors (Lipinski definition) is 1. The van der Waals surface area contributed by atoms with E-state index < -0.39 is 5.41 Å². The van der Waals surface area contributed by atoms with E-state index in [2.05, 4.69) is 6.07 Å². The van der Waals surface area contributed by atoms with Crippen LogP contribution in [-0.4, -0.2) is 5.78 Å². The lowest BCUT2D eigenvalue weighted by molar-refractivity contribution is 0.0738. The van der Waals surface area contributed by atoms with Gasteiger partial charge in [0.15, 0.2) is 5.78 Å². The van der Waals surface area contributed by atoms with E-state index in [9.17, 15) is 4.79 Å². The van der Waals surface area contributed by atoms with Crippen LogP contribution < -0.4 is 5.73 Å². The lowest BCUT2D eigenvalue weighted by Gasteiger charge is -2.34. The fraction of sp³-hybridized carbons (Fsp3) is 0.600. The van der Waals surface area contributed by atoms with Gasteiger partial charge < -0.3 is 5.73 Å². The number of hydrogen-bond acceptors (Lipinski definition) is 4. The minimum Gasteiger partial charge on any atom is -0.390 e. The quantitative estimate of drug-likeness (QED) is 0.917. The molecular formula is C15H18N2OS. The Morgan fingerprint density at radius 3 is 2.89 bits per heavy atom. The average Bonchev–Trinajstić information content (AvgIpc) is 3.13. The van der Waals surface area contributed by atoms with Gasteiger partial charge in [-0.1, -0.05) is 12.8 Å². The Morgan fingerprint density at radius 2 is 2.26 bits per heavy atom. The van der Waals surface area contributed by atoms with E-state index in [0.717, 1.165) is 40.3 Å². The summed E-state index contributed by atoms with van der Waals surface area (Å²) >= 11 is 1.42. The number of anilines is 1. The van der Waals surface area contributed by atoms with Crippen molar-refractivity contribution in [3.05, 3.63) is 16.0 Å². The molecule has 2 aliphatic carbocycles. The van der Waals surface area contributed by atoms with Crippen LogP contribution in [0.1, 0.15) is 52.9 Å². The van der Waals surface area contributed by atoms with Crippen molar-refractivity contribution in [1.29, 1.82) is 5.26 Å². The lowest BCUT2D eigenvalue weighted by Crippen LogP contribution is -2.35. The molecular weight excluding hydrogens is 256 g/mol. The molecule has 1 fully saturated rings. The zero-order chi connectivity index (χ0) is 13.6. The molecule has 0 aromatic carbocycles. The highest BCUT2D eigenvalue weighted by atomic mass is 32.1. The maximum absolute atomic E-state index is 12.9. The summed E-state index contributed by atoms with van der Waals surface area (Å²) in [5.74, 6) is 0.851. The molecule has 0 radical (unpaired) electrons. The number of rotatable bonds is 3. The van der Waals surface area contributed by atoms with E-state index in [-0.39, 0.29) is 5.78 Å². The molecule has 0 saturated heterocycles. The Balaban J connectivity index is 2.00. The average molecular weight is 274 g/mol. The maximum Gasteiger partial charge on any atom is 0.180 e. The first kappa shape index (κ1) is 12.7. The van der Waals surface area contributed by atoms with Gasteiger partial charge in [0, 0.05) is 11.8 Å². The van der Waals surface area contributed by atoms with Crippen molar-refractivity contribution in [1.82, 2.24) is 0 Å². The first-order valence-electron chi connectivity index (χ1n) is 6.87. The van der Waals surface area contributed by atoms with Gasteiger partial charge in [0.1, 0.15) is 0 Å². The Kier molecular flexibility index (Phi) is 2.90. The summed E-state index contributed by atoms with van der Waals surface area (Å²) in [7, 11) is 0. The van der Waals surface area contributed by atoms with Crippen LogP contribution in [0.25, 0.3) is 0 Å². The van der Waals surface area contributed by atoms with E-state index in [4.69, 9.17) is 11.0 Å². The summed E-state index contributed by atoms with van der Waals surface area (Å²) in [6, 6.07) is 2.25. The molecule has 0 bridgehead atoms. The predicted molar refractivity (Wildman–Crippen MR) is 76.1 cm³/mol. The van der Waals surface area contributed by atoms with E-state index in [1.807, 2.05) is 6.92 Å². The molecule has 4 heteroatoms. The molecule has 0 spiro atoms. The van der Waals surface area contributed by atoms with Gasteiger partial charge in [0.2, 0.25) is 0 Å². The number of nitriles is 1. The van der Waals surface area contributed by atoms with Crippen molar-refractivity contribution in [2.24, 2.45) is 11.3 Å². The van der Waals surface area contributed by atoms with Gasteiger partial charge in [0.05, 0.1) is 15.9 Å². The normalized spacial score (nSPS) is 26.0. The summed E-state index contributed by atoms with van der Waals surface area (Å²) in [4.78, 5) is 13.7. The van der Waals surface area contributed by atoms with Crippen molar-refractivity contribution >= 4 is 22.1 Å². The Labute approximate surface area is 117 Å². The van der Waals surface area contributed by atoms with Crippen LogP contribution in [0, 0.1) is 29.6 Å². The molecule has 19 heavy (non-hydrogen) atoms. The van der Waals surface area contributed by atoms with Crippen LogP contribution >= 0.6 is 11.3 Å². The summed E-state index contributed by atoms with van der Waals surface area (Å²) < 4.78 is 0. The van der Waals surface area contributed by atoms with Crippen LogP contribution in [-0.2, 0) is 6.42 Å². The molecule has 1 aromatic rings. The minimum atomic E-state index is -0.424. The van der Waals surface area contributed by atoms with Crippen LogP contribution in [0.15, 0.2) is 0 Å². The number of nitrogens with zero attached hydrogens (tertiary/aromatic N) is 1. The molecule has 2 N–H and O–H groups in total. The third-order valence-corrected chi connectivity index (χ3v) is 5.81. The Morgan fingerprint density at radius 1 is 1.53 bits per heavy atom. The van der Waals surface area contributed by atoms with E-state index in [0.29, 0.717) is 12.3 Å². The number of carbonyl (C=O) groups is 1. The number of thiophene rings is 1. The maximum atomic E-state index is 12.9. The third kappa shape index (κ3) is 1.97. The second-order valence-electron chi connectivity index (χ2n) is 5.99. The minimum absolute atomic E-state index is 0.187. The summed E-state index contributed by atoms with van der Waals surface area (Å²) in [6.45, 7) is 2.00. The fourth-order valence-corrected chi connectivity index (χ4v) is 4.42. The van der Waals surface area contributed by atoms with Gasteiger partial charge in [-0.2, -0.15) is 5.26 Å². The number of nitrogens with two attached hydrogens (primary N) is 1. The highest BCUT2D eigenvalue weighted by Crippen LogP contribution is 2.51. The molecule has 1 atom stereocenters. The van der Waals surface area contributed by atoms with Gasteiger partial charge in [0.25, 0.3) is 0 Å². The summed E-state index contributed by atoms with van der Waals surface area (Å²) in [5, 5.41) is 9.88. The molecule has 1 unspecified atom stereocenters. The number of nitrogen functional groups attached to an aromatic ring is 1. The SMILES string of the molecule is Cc1c(N)sc2c1CCC(CC#N)(CC1CC1)C2=O. The number of ketones is 1. The molecule has 0 aliphatic heterocycles. The summed E-state index contributed by atoms with van der Waals surface area (Å²) in [6.07, 6.45) is 5.42. The van der Waals surface area contributed by atoms with Crippen LogP contribution in [0.3, 0.4) is 0 Å². The lowest BCUT2D eigenvalue weighted by atomic mass is 9.68. The summed E-state index contributed by atoms with van der Waals surface area (Å²) in [5.41, 5.74) is 7.75. The second kappa shape index (κ2) is 4.35. The molecule has 2 aliphatic rings. The van der Waals surface area contributed by atoms with Crippen molar-refractivity contribution in [3.63, 3.8) is 0 Å². The highest BCUT2D eigenvalue weighted by molar-refractivity contribution is 7.18. The zero-order valence-electron chi connectivity index (χ0n) is 11.2. The number of Topliss-reactive ketones (excluding diaryl/α,β-unsaturated/α-hetero) is 1. The van der Waals surface area contributed by atoms with E-state index >= 15 is 0 Å². The van der Waals surface area contributed by atoms with Gasteiger partial charge >= 0.3 is 0 Å². The first-order chi connectivity index (χ1) is 9.07. The zero-order valence-corrected chi connectivity index (χ0v) is 12.0. The van der Waals surface area contributed by atoms with Gasteiger partial charge in [-0.3, -0.25) is 4.79 Å². The highest BCUT2D eigenvalue weighted by Gasteiger charge is 2.46. The van der Waals surface area contributed by atoms with Gasteiger partial charge in [-0.25, -0.2) is 0 Å². The Hall–Kier alpha value is -1.34. The monoisotopic (exact) mass is 274 g/mol. The van der Waals surface area contributed by atoms with Crippen LogP contribution in [0.2, 0.25) is 0 Å². The molecule has 1 aromatic heterocycles. The standard InChI is InChI=1S/C15H18N2OS/c1-9-11-4-5-15(6-7-16,8-10-2-3-10)13(18)12(11)19-14(9)17/h10H,2-6,8,17H2,1H3. The number of carbonyl (C=O) groups excluding carboxylic acids is 1. The van der Waals surface area contributed by atoms with Crippen molar-refractivity contribution < 1.29 is 4.79 Å². The van der Waals surface area contributed by atoms with Gasteiger partial charge in [-0.05, 0) is 43.2 Å². The largest absolute Gasteiger partial charge is 0.390 e. The smallest absolute Gasteiger partial charge is 0.180 e. The van der Waals surface area contributed by atoms with Crippen molar-refractivity contribution in [2.45, 2.75) is 45.4 Å².